The van der Waals surface area contributed by atoms with Gasteiger partial charge in [0.25, 0.3) is 0 Å². The topological polar surface area (TPSA) is 43.7 Å². The molecule has 0 fully saturated rings. The molecular weight excluding hydrogens is 222 g/mol. The number of phenols is 1. The van der Waals surface area contributed by atoms with Gasteiger partial charge in [-0.3, -0.25) is 0 Å². The molecule has 0 atom stereocenters. The van der Waals surface area contributed by atoms with E-state index in [1.54, 1.807) is 18.2 Å². The summed E-state index contributed by atoms with van der Waals surface area (Å²) < 4.78 is 0.886. The van der Waals surface area contributed by atoms with E-state index in [0.717, 1.165) is 9.54 Å². The van der Waals surface area contributed by atoms with Gasteiger partial charge in [0, 0.05) is 17.1 Å². The molecule has 0 aliphatic carbocycles. The summed E-state index contributed by atoms with van der Waals surface area (Å²) in [6.45, 7) is 0.311. The molecular formula is C8H10BrNO2. The van der Waals surface area contributed by atoms with E-state index in [0.29, 0.717) is 12.1 Å². The maximum atomic E-state index is 9.33. The molecule has 1 rings (SSSR count). The van der Waals surface area contributed by atoms with Crippen molar-refractivity contribution in [3.8, 4) is 5.75 Å². The van der Waals surface area contributed by atoms with Gasteiger partial charge in [0.15, 0.2) is 0 Å². The molecule has 0 unspecified atom stereocenters. The Labute approximate surface area is 79.3 Å². The van der Waals surface area contributed by atoms with E-state index in [4.69, 9.17) is 5.21 Å². The SMILES string of the molecule is CN(O)Cc1cc(Br)ccc1O. The van der Waals surface area contributed by atoms with Crippen molar-refractivity contribution in [1.29, 1.82) is 0 Å². The molecule has 12 heavy (non-hydrogen) atoms. The van der Waals surface area contributed by atoms with Gasteiger partial charge in [0.05, 0.1) is 6.54 Å². The molecule has 0 heterocycles. The fourth-order valence-corrected chi connectivity index (χ4v) is 1.34. The van der Waals surface area contributed by atoms with Crippen LogP contribution in [0.15, 0.2) is 22.7 Å². The van der Waals surface area contributed by atoms with Gasteiger partial charge in [0.1, 0.15) is 5.75 Å². The third kappa shape index (κ3) is 2.48. The van der Waals surface area contributed by atoms with Crippen LogP contribution in [0.1, 0.15) is 5.56 Å². The Morgan fingerprint density at radius 2 is 2.17 bits per heavy atom. The normalized spacial score (nSPS) is 10.7. The Morgan fingerprint density at radius 3 is 2.75 bits per heavy atom. The molecule has 0 aliphatic rings. The highest BCUT2D eigenvalue weighted by Crippen LogP contribution is 2.22. The average molecular weight is 232 g/mol. The minimum atomic E-state index is 0.194. The molecule has 0 bridgehead atoms. The Bertz CT molecular complexity index is 276. The van der Waals surface area contributed by atoms with Crippen molar-refractivity contribution in [1.82, 2.24) is 5.06 Å². The van der Waals surface area contributed by atoms with Gasteiger partial charge >= 0.3 is 0 Å². The van der Waals surface area contributed by atoms with E-state index in [9.17, 15) is 5.11 Å². The Morgan fingerprint density at radius 1 is 1.50 bits per heavy atom. The predicted octanol–water partition coefficient (Wildman–Crippen LogP) is 1.98. The third-order valence-electron chi connectivity index (χ3n) is 1.44. The Kier molecular flexibility index (Phi) is 3.08. The number of benzene rings is 1. The lowest BCUT2D eigenvalue weighted by Crippen LogP contribution is -2.11. The van der Waals surface area contributed by atoms with Crippen LogP contribution in [-0.2, 0) is 6.54 Å². The summed E-state index contributed by atoms with van der Waals surface area (Å²) in [6, 6.07) is 5.10. The second-order valence-electron chi connectivity index (χ2n) is 2.59. The quantitative estimate of drug-likeness (QED) is 0.766. The van der Waals surface area contributed by atoms with Crippen LogP contribution in [0.25, 0.3) is 0 Å². The van der Waals surface area contributed by atoms with E-state index < -0.39 is 0 Å². The lowest BCUT2D eigenvalue weighted by atomic mass is 10.2. The summed E-state index contributed by atoms with van der Waals surface area (Å²) in [6.07, 6.45) is 0. The van der Waals surface area contributed by atoms with Gasteiger partial charge in [-0.1, -0.05) is 15.9 Å². The molecule has 0 saturated carbocycles. The third-order valence-corrected chi connectivity index (χ3v) is 1.93. The first-order valence-corrected chi connectivity index (χ1v) is 4.26. The molecule has 0 radical (unpaired) electrons. The van der Waals surface area contributed by atoms with Crippen LogP contribution in [0.4, 0.5) is 0 Å². The van der Waals surface area contributed by atoms with Crippen LogP contribution in [0, 0.1) is 0 Å². The zero-order chi connectivity index (χ0) is 9.14. The van der Waals surface area contributed by atoms with Gasteiger partial charge in [-0.05, 0) is 18.2 Å². The Hall–Kier alpha value is -0.580. The molecule has 0 spiro atoms. The van der Waals surface area contributed by atoms with Crippen LogP contribution >= 0.6 is 15.9 Å². The maximum Gasteiger partial charge on any atom is 0.120 e. The van der Waals surface area contributed by atoms with Gasteiger partial charge in [-0.2, -0.15) is 5.06 Å². The van der Waals surface area contributed by atoms with Crippen LogP contribution in [0.5, 0.6) is 5.75 Å². The number of hydrogen-bond acceptors (Lipinski definition) is 3. The van der Waals surface area contributed by atoms with Gasteiger partial charge < -0.3 is 10.3 Å². The first-order chi connectivity index (χ1) is 5.59. The molecule has 0 aliphatic heterocycles. The zero-order valence-corrected chi connectivity index (χ0v) is 8.24. The minimum absolute atomic E-state index is 0.194. The maximum absolute atomic E-state index is 9.33. The number of hydrogen-bond donors (Lipinski definition) is 2. The summed E-state index contributed by atoms with van der Waals surface area (Å²) in [7, 11) is 1.53. The molecule has 4 heteroatoms. The first kappa shape index (κ1) is 9.51. The van der Waals surface area contributed by atoms with E-state index in [1.807, 2.05) is 0 Å². The fraction of sp³-hybridized carbons (Fsp3) is 0.250. The highest BCUT2D eigenvalue weighted by atomic mass is 79.9. The van der Waals surface area contributed by atoms with Crippen molar-refractivity contribution in [2.75, 3.05) is 7.05 Å². The lowest BCUT2D eigenvalue weighted by molar-refractivity contribution is -0.0735. The number of rotatable bonds is 2. The van der Waals surface area contributed by atoms with Crippen molar-refractivity contribution in [3.05, 3.63) is 28.2 Å². The van der Waals surface area contributed by atoms with E-state index in [2.05, 4.69) is 15.9 Å². The standard InChI is InChI=1S/C8H10BrNO2/c1-10(12)5-6-4-7(9)2-3-8(6)11/h2-4,11-12H,5H2,1H3. The summed E-state index contributed by atoms with van der Waals surface area (Å²) >= 11 is 3.27. The van der Waals surface area contributed by atoms with Crippen LogP contribution in [0.3, 0.4) is 0 Å². The molecule has 0 aromatic heterocycles. The van der Waals surface area contributed by atoms with Crippen molar-refractivity contribution >= 4 is 15.9 Å². The smallest absolute Gasteiger partial charge is 0.120 e. The van der Waals surface area contributed by atoms with Crippen molar-refractivity contribution < 1.29 is 10.3 Å². The van der Waals surface area contributed by atoms with E-state index in [-0.39, 0.29) is 5.75 Å². The number of hydroxylamine groups is 2. The molecule has 66 valence electrons. The predicted molar refractivity (Wildman–Crippen MR) is 49.1 cm³/mol. The summed E-state index contributed by atoms with van der Waals surface area (Å²) in [5, 5.41) is 19.3. The summed E-state index contributed by atoms with van der Waals surface area (Å²) in [5.74, 6) is 0.194. The van der Waals surface area contributed by atoms with Gasteiger partial charge in [-0.25, -0.2) is 0 Å². The summed E-state index contributed by atoms with van der Waals surface area (Å²) in [5.41, 5.74) is 0.689. The largest absolute Gasteiger partial charge is 0.508 e. The van der Waals surface area contributed by atoms with E-state index in [1.165, 1.54) is 7.05 Å². The Balaban J connectivity index is 2.90. The van der Waals surface area contributed by atoms with Gasteiger partial charge in [0.2, 0.25) is 0 Å². The first-order valence-electron chi connectivity index (χ1n) is 3.47. The molecule has 1 aromatic carbocycles. The molecule has 0 saturated heterocycles. The van der Waals surface area contributed by atoms with Gasteiger partial charge in [-0.15, -0.1) is 0 Å². The van der Waals surface area contributed by atoms with Crippen LogP contribution in [0.2, 0.25) is 0 Å². The molecule has 0 amide bonds. The van der Waals surface area contributed by atoms with Crippen molar-refractivity contribution in [2.45, 2.75) is 6.54 Å². The lowest BCUT2D eigenvalue weighted by Gasteiger charge is -2.09. The molecule has 2 N–H and O–H groups in total. The second kappa shape index (κ2) is 3.89. The highest BCUT2D eigenvalue weighted by Gasteiger charge is 2.03. The molecule has 3 nitrogen and oxygen atoms in total. The molecule has 1 aromatic rings. The second-order valence-corrected chi connectivity index (χ2v) is 3.50. The van der Waals surface area contributed by atoms with Crippen molar-refractivity contribution in [2.24, 2.45) is 0 Å². The number of nitrogens with zero attached hydrogens (tertiary/aromatic N) is 1. The highest BCUT2D eigenvalue weighted by molar-refractivity contribution is 9.10. The minimum Gasteiger partial charge on any atom is -0.508 e. The zero-order valence-electron chi connectivity index (χ0n) is 6.66. The van der Waals surface area contributed by atoms with E-state index >= 15 is 0 Å². The number of aromatic hydroxyl groups is 1. The monoisotopic (exact) mass is 231 g/mol. The number of halogens is 1. The fourth-order valence-electron chi connectivity index (χ4n) is 0.927. The van der Waals surface area contributed by atoms with Crippen LogP contribution in [-0.4, -0.2) is 22.4 Å². The van der Waals surface area contributed by atoms with Crippen LogP contribution < -0.4 is 0 Å². The average Bonchev–Trinajstić information content (AvgIpc) is 1.96. The summed E-state index contributed by atoms with van der Waals surface area (Å²) in [4.78, 5) is 0. The van der Waals surface area contributed by atoms with Crippen molar-refractivity contribution in [3.63, 3.8) is 0 Å². The number of phenolic OH excluding ortho intramolecular Hbond substituents is 1.